The van der Waals surface area contributed by atoms with Crippen LogP contribution in [0.2, 0.25) is 0 Å². The molecular weight excluding hydrogens is 433 g/mol. The number of rotatable bonds is 4. The van der Waals surface area contributed by atoms with Gasteiger partial charge in [0, 0.05) is 14.6 Å². The van der Waals surface area contributed by atoms with Gasteiger partial charge in [-0.3, -0.25) is 4.79 Å². The van der Waals surface area contributed by atoms with Gasteiger partial charge in [0.25, 0.3) is 5.91 Å². The van der Waals surface area contributed by atoms with Gasteiger partial charge in [-0.25, -0.2) is 0 Å². The molecule has 0 fully saturated rings. The summed E-state index contributed by atoms with van der Waals surface area (Å²) >= 11 is 5.56. The molecule has 0 saturated carbocycles. The minimum atomic E-state index is -0.121. The SMILES string of the molecule is O=C(NCc1cccc(CO)c1)c1cc(I)ccc1Br. The van der Waals surface area contributed by atoms with E-state index in [1.54, 1.807) is 0 Å². The van der Waals surface area contributed by atoms with E-state index in [-0.39, 0.29) is 12.5 Å². The topological polar surface area (TPSA) is 49.3 Å². The predicted octanol–water partition coefficient (Wildman–Crippen LogP) is 3.48. The number of benzene rings is 2. The van der Waals surface area contributed by atoms with Crippen molar-refractivity contribution in [1.29, 1.82) is 0 Å². The highest BCUT2D eigenvalue weighted by Crippen LogP contribution is 2.19. The van der Waals surface area contributed by atoms with Crippen molar-refractivity contribution in [2.24, 2.45) is 0 Å². The van der Waals surface area contributed by atoms with Crippen LogP contribution in [0.15, 0.2) is 46.9 Å². The van der Waals surface area contributed by atoms with E-state index >= 15 is 0 Å². The third-order valence-corrected chi connectivity index (χ3v) is 4.16. The van der Waals surface area contributed by atoms with Gasteiger partial charge in [0.2, 0.25) is 0 Å². The fourth-order valence-corrected chi connectivity index (χ4v) is 2.70. The Morgan fingerprint density at radius 1 is 1.20 bits per heavy atom. The largest absolute Gasteiger partial charge is 0.392 e. The number of carbonyl (C=O) groups is 1. The molecule has 2 aromatic rings. The molecule has 0 heterocycles. The van der Waals surface area contributed by atoms with Gasteiger partial charge < -0.3 is 10.4 Å². The average Bonchev–Trinajstić information content (AvgIpc) is 2.47. The Morgan fingerprint density at radius 2 is 1.95 bits per heavy atom. The first kappa shape index (κ1) is 15.5. The van der Waals surface area contributed by atoms with Gasteiger partial charge >= 0.3 is 0 Å². The number of nitrogens with one attached hydrogen (secondary N) is 1. The third-order valence-electron chi connectivity index (χ3n) is 2.80. The van der Waals surface area contributed by atoms with Gasteiger partial charge in [-0.2, -0.15) is 0 Å². The Morgan fingerprint density at radius 3 is 2.70 bits per heavy atom. The van der Waals surface area contributed by atoms with E-state index in [1.165, 1.54) is 0 Å². The van der Waals surface area contributed by atoms with Gasteiger partial charge in [-0.15, -0.1) is 0 Å². The van der Waals surface area contributed by atoms with Gasteiger partial charge in [0.15, 0.2) is 0 Å². The summed E-state index contributed by atoms with van der Waals surface area (Å²) in [5.41, 5.74) is 2.43. The number of aliphatic hydroxyl groups is 1. The van der Waals surface area contributed by atoms with Crippen molar-refractivity contribution in [3.8, 4) is 0 Å². The molecule has 0 atom stereocenters. The van der Waals surface area contributed by atoms with Crippen molar-refractivity contribution in [2.45, 2.75) is 13.2 Å². The summed E-state index contributed by atoms with van der Waals surface area (Å²) < 4.78 is 1.79. The number of carbonyl (C=O) groups excluding carboxylic acids is 1. The lowest BCUT2D eigenvalue weighted by Crippen LogP contribution is -2.23. The standard InChI is InChI=1S/C15H13BrINO2/c16-14-5-4-12(17)7-13(14)15(20)18-8-10-2-1-3-11(6-10)9-19/h1-7,19H,8-9H2,(H,18,20). The van der Waals surface area contributed by atoms with E-state index in [1.807, 2.05) is 42.5 Å². The minimum Gasteiger partial charge on any atom is -0.392 e. The maximum absolute atomic E-state index is 12.2. The van der Waals surface area contributed by atoms with Crippen molar-refractivity contribution in [3.05, 3.63) is 67.2 Å². The molecule has 0 radical (unpaired) electrons. The lowest BCUT2D eigenvalue weighted by atomic mass is 10.1. The summed E-state index contributed by atoms with van der Waals surface area (Å²) in [5.74, 6) is -0.121. The van der Waals surface area contributed by atoms with Crippen LogP contribution < -0.4 is 5.32 Å². The zero-order valence-electron chi connectivity index (χ0n) is 10.6. The molecule has 2 rings (SSSR count). The van der Waals surface area contributed by atoms with Crippen molar-refractivity contribution < 1.29 is 9.90 Å². The number of hydrogen-bond donors (Lipinski definition) is 2. The van der Waals surface area contributed by atoms with Gasteiger partial charge in [-0.1, -0.05) is 24.3 Å². The van der Waals surface area contributed by atoms with Crippen molar-refractivity contribution in [2.75, 3.05) is 0 Å². The molecule has 2 aromatic carbocycles. The molecule has 0 saturated heterocycles. The maximum atomic E-state index is 12.2. The fourth-order valence-electron chi connectivity index (χ4n) is 1.79. The van der Waals surface area contributed by atoms with Crippen LogP contribution in [0.5, 0.6) is 0 Å². The van der Waals surface area contributed by atoms with Gasteiger partial charge in [0.05, 0.1) is 12.2 Å². The summed E-state index contributed by atoms with van der Waals surface area (Å²) in [7, 11) is 0. The molecule has 2 N–H and O–H groups in total. The second-order valence-corrected chi connectivity index (χ2v) is 6.38. The highest BCUT2D eigenvalue weighted by Gasteiger charge is 2.10. The Kier molecular flexibility index (Phi) is 5.56. The first-order valence-corrected chi connectivity index (χ1v) is 7.89. The van der Waals surface area contributed by atoms with Crippen LogP contribution in [0.25, 0.3) is 0 Å². The molecule has 0 aliphatic carbocycles. The molecule has 0 spiro atoms. The molecule has 20 heavy (non-hydrogen) atoms. The molecule has 104 valence electrons. The normalized spacial score (nSPS) is 10.3. The van der Waals surface area contributed by atoms with E-state index in [0.29, 0.717) is 12.1 Å². The number of aliphatic hydroxyl groups excluding tert-OH is 1. The van der Waals surface area contributed by atoms with Gasteiger partial charge in [-0.05, 0) is 67.8 Å². The third kappa shape index (κ3) is 4.04. The van der Waals surface area contributed by atoms with E-state index in [4.69, 9.17) is 5.11 Å². The molecular formula is C15H13BrINO2. The smallest absolute Gasteiger partial charge is 0.252 e. The highest BCUT2D eigenvalue weighted by atomic mass is 127. The Hall–Kier alpha value is -0.920. The monoisotopic (exact) mass is 445 g/mol. The summed E-state index contributed by atoms with van der Waals surface area (Å²) in [5, 5.41) is 12.0. The highest BCUT2D eigenvalue weighted by molar-refractivity contribution is 14.1. The van der Waals surface area contributed by atoms with Crippen LogP contribution in [0, 0.1) is 3.57 Å². The Labute approximate surface area is 139 Å². The zero-order chi connectivity index (χ0) is 14.5. The molecule has 3 nitrogen and oxygen atoms in total. The molecule has 0 bridgehead atoms. The van der Waals surface area contributed by atoms with Crippen LogP contribution in [0.4, 0.5) is 0 Å². The molecule has 0 aliphatic heterocycles. The molecule has 0 aromatic heterocycles. The summed E-state index contributed by atoms with van der Waals surface area (Å²) in [4.78, 5) is 12.2. The second-order valence-electron chi connectivity index (χ2n) is 4.28. The second kappa shape index (κ2) is 7.19. The van der Waals surface area contributed by atoms with Crippen LogP contribution >= 0.6 is 38.5 Å². The number of hydrogen-bond acceptors (Lipinski definition) is 2. The quantitative estimate of drug-likeness (QED) is 0.708. The molecule has 0 aliphatic rings. The van der Waals surface area contributed by atoms with Crippen molar-refractivity contribution >= 4 is 44.4 Å². The molecule has 1 amide bonds. The Bertz CT molecular complexity index is 631. The summed E-state index contributed by atoms with van der Waals surface area (Å²) in [6.07, 6.45) is 0. The first-order valence-electron chi connectivity index (χ1n) is 6.02. The van der Waals surface area contributed by atoms with E-state index in [0.717, 1.165) is 19.2 Å². The number of amides is 1. The zero-order valence-corrected chi connectivity index (χ0v) is 14.3. The van der Waals surface area contributed by atoms with Crippen molar-refractivity contribution in [1.82, 2.24) is 5.32 Å². The van der Waals surface area contributed by atoms with E-state index in [9.17, 15) is 4.79 Å². The average molecular weight is 446 g/mol. The van der Waals surface area contributed by atoms with Crippen LogP contribution in [0.1, 0.15) is 21.5 Å². The summed E-state index contributed by atoms with van der Waals surface area (Å²) in [6.45, 7) is 0.439. The fraction of sp³-hybridized carbons (Fsp3) is 0.133. The Balaban J connectivity index is 2.06. The lowest BCUT2D eigenvalue weighted by Gasteiger charge is -2.08. The van der Waals surface area contributed by atoms with Crippen molar-refractivity contribution in [3.63, 3.8) is 0 Å². The van der Waals surface area contributed by atoms with Crippen LogP contribution in [0.3, 0.4) is 0 Å². The summed E-state index contributed by atoms with van der Waals surface area (Å²) in [6, 6.07) is 13.2. The van der Waals surface area contributed by atoms with E-state index in [2.05, 4.69) is 43.8 Å². The molecule has 5 heteroatoms. The predicted molar refractivity (Wildman–Crippen MR) is 90.4 cm³/mol. The van der Waals surface area contributed by atoms with Gasteiger partial charge in [0.1, 0.15) is 0 Å². The lowest BCUT2D eigenvalue weighted by molar-refractivity contribution is 0.0950. The minimum absolute atomic E-state index is 0.00418. The number of halogens is 2. The van der Waals surface area contributed by atoms with Crippen LogP contribution in [-0.2, 0) is 13.2 Å². The first-order chi connectivity index (χ1) is 9.60. The van der Waals surface area contributed by atoms with Crippen LogP contribution in [-0.4, -0.2) is 11.0 Å². The van der Waals surface area contributed by atoms with E-state index < -0.39 is 0 Å². The maximum Gasteiger partial charge on any atom is 0.252 e. The molecule has 0 unspecified atom stereocenters.